The molecule has 3 aromatic rings. The van der Waals surface area contributed by atoms with Crippen molar-refractivity contribution in [2.24, 2.45) is 0 Å². The Morgan fingerprint density at radius 3 is 2.97 bits per heavy atom. The third-order valence-corrected chi connectivity index (χ3v) is 6.33. The Bertz CT molecular complexity index is 970. The van der Waals surface area contributed by atoms with E-state index in [1.165, 1.54) is 16.9 Å². The summed E-state index contributed by atoms with van der Waals surface area (Å²) < 4.78 is 5.68. The van der Waals surface area contributed by atoms with Gasteiger partial charge in [-0.3, -0.25) is 9.78 Å². The molecule has 1 aliphatic rings. The van der Waals surface area contributed by atoms with Gasteiger partial charge in [0.05, 0.1) is 16.4 Å². The molecule has 0 bridgehead atoms. The topological polar surface area (TPSA) is 89.0 Å². The van der Waals surface area contributed by atoms with Gasteiger partial charge in [0.15, 0.2) is 0 Å². The number of anilines is 1. The minimum atomic E-state index is -0.0506. The normalized spacial score (nSPS) is 16.2. The fraction of sp³-hybridized carbons (Fsp3) is 0.429. The monoisotopic (exact) mass is 411 g/mol. The van der Waals surface area contributed by atoms with E-state index in [1.54, 1.807) is 18.7 Å². The van der Waals surface area contributed by atoms with Crippen LogP contribution in [0.5, 0.6) is 0 Å². The predicted octanol–water partition coefficient (Wildman–Crippen LogP) is 3.35. The van der Waals surface area contributed by atoms with Crippen LogP contribution in [0.2, 0.25) is 0 Å². The summed E-state index contributed by atoms with van der Waals surface area (Å²) in [5.41, 5.74) is 2.15. The van der Waals surface area contributed by atoms with Gasteiger partial charge in [-0.1, -0.05) is 0 Å². The molecule has 0 saturated carbocycles. The molecule has 152 valence electrons. The van der Waals surface area contributed by atoms with Crippen LogP contribution in [0, 0.1) is 6.92 Å². The molecule has 1 amide bonds. The molecule has 1 atom stereocenters. The summed E-state index contributed by atoms with van der Waals surface area (Å²) in [7, 11) is 0. The third-order valence-electron chi connectivity index (χ3n) is 5.13. The number of hydrogen-bond donors (Lipinski definition) is 2. The maximum absolute atomic E-state index is 12.7. The van der Waals surface area contributed by atoms with Crippen molar-refractivity contribution in [3.8, 4) is 0 Å². The van der Waals surface area contributed by atoms with Gasteiger partial charge in [-0.2, -0.15) is 0 Å². The zero-order valence-corrected chi connectivity index (χ0v) is 17.3. The zero-order chi connectivity index (χ0) is 20.1. The Kier molecular flexibility index (Phi) is 6.31. The predicted molar refractivity (Wildman–Crippen MR) is 115 cm³/mol. The molecule has 3 aromatic heterocycles. The molecule has 8 heteroatoms. The van der Waals surface area contributed by atoms with Gasteiger partial charge >= 0.3 is 0 Å². The molecule has 1 fully saturated rings. The fourth-order valence-electron chi connectivity index (χ4n) is 3.56. The van der Waals surface area contributed by atoms with Crippen molar-refractivity contribution in [3.05, 3.63) is 46.9 Å². The van der Waals surface area contributed by atoms with Crippen LogP contribution < -0.4 is 10.6 Å². The smallest absolute Gasteiger partial charge is 0.261 e. The maximum atomic E-state index is 12.7. The van der Waals surface area contributed by atoms with Gasteiger partial charge in [-0.05, 0) is 55.9 Å². The molecule has 7 nitrogen and oxygen atoms in total. The van der Waals surface area contributed by atoms with Crippen molar-refractivity contribution in [2.75, 3.05) is 25.0 Å². The zero-order valence-electron chi connectivity index (χ0n) is 16.5. The van der Waals surface area contributed by atoms with E-state index < -0.39 is 0 Å². The van der Waals surface area contributed by atoms with Crippen molar-refractivity contribution < 1.29 is 9.53 Å². The number of rotatable bonds is 8. The maximum Gasteiger partial charge on any atom is 0.261 e. The Morgan fingerprint density at radius 2 is 2.17 bits per heavy atom. The van der Waals surface area contributed by atoms with E-state index >= 15 is 0 Å². The highest BCUT2D eigenvalue weighted by molar-refractivity contribution is 7.20. The van der Waals surface area contributed by atoms with Crippen molar-refractivity contribution in [3.63, 3.8) is 0 Å². The Morgan fingerprint density at radius 1 is 1.31 bits per heavy atom. The molecule has 0 spiro atoms. The molecule has 0 unspecified atom stereocenters. The fourth-order valence-corrected chi connectivity index (χ4v) is 4.63. The van der Waals surface area contributed by atoms with E-state index in [4.69, 9.17) is 4.74 Å². The van der Waals surface area contributed by atoms with Crippen LogP contribution in [0.3, 0.4) is 0 Å². The van der Waals surface area contributed by atoms with Gasteiger partial charge in [0.1, 0.15) is 17.0 Å². The standard InChI is InChI=1S/C21H25N5O2S/c1-14-17-19(24-12-16-5-3-11-28-16)25-13-26-21(17)29-18(14)20(27)23-8-2-4-15-6-9-22-10-7-15/h6-7,9-10,13,16H,2-5,8,11-12H2,1H3,(H,23,27)(H,24,25,26)/t16-/m1/s1. The molecular weight excluding hydrogens is 386 g/mol. The van der Waals surface area contributed by atoms with Crippen LogP contribution in [0.15, 0.2) is 30.9 Å². The molecular formula is C21H25N5O2S. The number of nitrogens with zero attached hydrogens (tertiary/aromatic N) is 3. The quantitative estimate of drug-likeness (QED) is 0.553. The van der Waals surface area contributed by atoms with Gasteiger partial charge in [-0.25, -0.2) is 9.97 Å². The highest BCUT2D eigenvalue weighted by Gasteiger charge is 2.20. The minimum absolute atomic E-state index is 0.0506. The third kappa shape index (κ3) is 4.71. The SMILES string of the molecule is Cc1c(C(=O)NCCCc2ccncc2)sc2ncnc(NC[C@H]3CCCO3)c12. The largest absolute Gasteiger partial charge is 0.376 e. The molecule has 2 N–H and O–H groups in total. The second-order valence-electron chi connectivity index (χ2n) is 7.19. The van der Waals surface area contributed by atoms with Gasteiger partial charge < -0.3 is 15.4 Å². The number of carbonyl (C=O) groups excluding carboxylic acids is 1. The lowest BCUT2D eigenvalue weighted by Crippen LogP contribution is -2.24. The first-order chi connectivity index (χ1) is 14.2. The number of carbonyl (C=O) groups is 1. The van der Waals surface area contributed by atoms with Crippen LogP contribution in [-0.4, -0.2) is 46.7 Å². The summed E-state index contributed by atoms with van der Waals surface area (Å²) in [5.74, 6) is 0.723. The Balaban J connectivity index is 1.39. The first-order valence-electron chi connectivity index (χ1n) is 9.99. The number of hydrogen-bond acceptors (Lipinski definition) is 7. The lowest BCUT2D eigenvalue weighted by molar-refractivity contribution is 0.0956. The molecule has 4 rings (SSSR count). The molecule has 0 aliphatic carbocycles. The summed E-state index contributed by atoms with van der Waals surface area (Å²) in [6.45, 7) is 4.14. The van der Waals surface area contributed by atoms with Crippen LogP contribution in [0.1, 0.15) is 40.1 Å². The van der Waals surface area contributed by atoms with Crippen molar-refractivity contribution >= 4 is 33.3 Å². The van der Waals surface area contributed by atoms with Gasteiger partial charge in [-0.15, -0.1) is 11.3 Å². The van der Waals surface area contributed by atoms with Gasteiger partial charge in [0.2, 0.25) is 0 Å². The number of amides is 1. The first kappa shape index (κ1) is 19.7. The minimum Gasteiger partial charge on any atom is -0.376 e. The van der Waals surface area contributed by atoms with Crippen molar-refractivity contribution in [1.29, 1.82) is 0 Å². The first-order valence-corrected chi connectivity index (χ1v) is 10.8. The van der Waals surface area contributed by atoms with Crippen LogP contribution in [0.25, 0.3) is 10.2 Å². The van der Waals surface area contributed by atoms with Crippen LogP contribution in [-0.2, 0) is 11.2 Å². The number of aryl methyl sites for hydroxylation is 2. The second-order valence-corrected chi connectivity index (χ2v) is 8.19. The van der Waals surface area contributed by atoms with Gasteiger partial charge in [0, 0.05) is 32.1 Å². The number of pyridine rings is 1. The summed E-state index contributed by atoms with van der Waals surface area (Å²) in [5, 5.41) is 7.35. The average Bonchev–Trinajstić information content (AvgIpc) is 3.39. The number of nitrogens with one attached hydrogen (secondary N) is 2. The second kappa shape index (κ2) is 9.28. The van der Waals surface area contributed by atoms with E-state index in [0.717, 1.165) is 60.4 Å². The molecule has 0 aromatic carbocycles. The van der Waals surface area contributed by atoms with Crippen molar-refractivity contribution in [2.45, 2.75) is 38.7 Å². The summed E-state index contributed by atoms with van der Waals surface area (Å²) in [6.07, 6.45) is 9.32. The molecule has 29 heavy (non-hydrogen) atoms. The van der Waals surface area contributed by atoms with E-state index in [-0.39, 0.29) is 12.0 Å². The number of aromatic nitrogens is 3. The van der Waals surface area contributed by atoms with Crippen LogP contribution >= 0.6 is 11.3 Å². The lowest BCUT2D eigenvalue weighted by atomic mass is 10.1. The lowest BCUT2D eigenvalue weighted by Gasteiger charge is -2.12. The van der Waals surface area contributed by atoms with E-state index in [2.05, 4.69) is 25.6 Å². The molecule has 4 heterocycles. The van der Waals surface area contributed by atoms with Crippen molar-refractivity contribution in [1.82, 2.24) is 20.3 Å². The average molecular weight is 412 g/mol. The molecule has 1 aliphatic heterocycles. The highest BCUT2D eigenvalue weighted by atomic mass is 32.1. The number of fused-ring (bicyclic) bond motifs is 1. The Hall–Kier alpha value is -2.58. The van der Waals surface area contributed by atoms with Gasteiger partial charge in [0.25, 0.3) is 5.91 Å². The summed E-state index contributed by atoms with van der Waals surface area (Å²) in [6, 6.07) is 4.00. The number of thiophene rings is 1. The van der Waals surface area contributed by atoms with Crippen LogP contribution in [0.4, 0.5) is 5.82 Å². The highest BCUT2D eigenvalue weighted by Crippen LogP contribution is 2.33. The summed E-state index contributed by atoms with van der Waals surface area (Å²) in [4.78, 5) is 27.0. The summed E-state index contributed by atoms with van der Waals surface area (Å²) >= 11 is 1.42. The van der Waals surface area contributed by atoms with E-state index in [1.807, 2.05) is 19.1 Å². The number of ether oxygens (including phenoxy) is 1. The molecule has 1 saturated heterocycles. The molecule has 0 radical (unpaired) electrons. The Labute approximate surface area is 173 Å². The van der Waals surface area contributed by atoms with E-state index in [0.29, 0.717) is 11.4 Å². The van der Waals surface area contributed by atoms with E-state index in [9.17, 15) is 4.79 Å².